The molecule has 19 heavy (non-hydrogen) atoms. The van der Waals surface area contributed by atoms with Crippen molar-refractivity contribution in [2.75, 3.05) is 6.61 Å². The van der Waals surface area contributed by atoms with Crippen LogP contribution in [0.4, 0.5) is 0 Å². The Morgan fingerprint density at radius 3 is 2.79 bits per heavy atom. The maximum Gasteiger partial charge on any atom is 0.349 e. The quantitative estimate of drug-likeness (QED) is 0.687. The van der Waals surface area contributed by atoms with E-state index >= 15 is 0 Å². The number of carbonyl (C=O) groups excluding carboxylic acids is 1. The van der Waals surface area contributed by atoms with Crippen LogP contribution in [0.1, 0.15) is 16.6 Å². The molecule has 0 unspecified atom stereocenters. The van der Waals surface area contributed by atoms with E-state index < -0.39 is 0 Å². The van der Waals surface area contributed by atoms with Crippen molar-refractivity contribution in [2.45, 2.75) is 6.92 Å². The summed E-state index contributed by atoms with van der Waals surface area (Å²) in [5, 5.41) is 0. The highest BCUT2D eigenvalue weighted by atomic mass is 32.1. The van der Waals surface area contributed by atoms with Crippen LogP contribution in [0.15, 0.2) is 42.7 Å². The zero-order valence-corrected chi connectivity index (χ0v) is 11.2. The molecule has 0 saturated carbocycles. The highest BCUT2D eigenvalue weighted by molar-refractivity contribution is 7.18. The molecule has 3 aromatic rings. The van der Waals surface area contributed by atoms with Gasteiger partial charge in [0, 0.05) is 18.0 Å². The fourth-order valence-electron chi connectivity index (χ4n) is 1.84. The molecule has 0 bridgehead atoms. The van der Waals surface area contributed by atoms with Crippen molar-refractivity contribution >= 4 is 22.3 Å². The Hall–Kier alpha value is -2.14. The zero-order chi connectivity index (χ0) is 13.2. The van der Waals surface area contributed by atoms with E-state index in [9.17, 15) is 4.79 Å². The molecule has 2 aromatic heterocycles. The molecule has 0 spiro atoms. The predicted octanol–water partition coefficient (Wildman–Crippen LogP) is 3.24. The SMILES string of the molecule is CCOC(=O)c1cn2cc(-c3ccccc3)nc2s1. The average Bonchev–Trinajstić information content (AvgIpc) is 2.98. The summed E-state index contributed by atoms with van der Waals surface area (Å²) < 4.78 is 6.83. The third-order valence-corrected chi connectivity index (χ3v) is 3.68. The van der Waals surface area contributed by atoms with Gasteiger partial charge in [0.15, 0.2) is 4.96 Å². The van der Waals surface area contributed by atoms with Crippen LogP contribution < -0.4 is 0 Å². The Morgan fingerprint density at radius 2 is 2.11 bits per heavy atom. The molecule has 0 radical (unpaired) electrons. The topological polar surface area (TPSA) is 43.6 Å². The van der Waals surface area contributed by atoms with Crippen molar-refractivity contribution in [3.8, 4) is 11.3 Å². The number of carbonyl (C=O) groups is 1. The number of aromatic nitrogens is 2. The molecule has 0 N–H and O–H groups in total. The van der Waals surface area contributed by atoms with Crippen LogP contribution in [-0.4, -0.2) is 22.0 Å². The second-order valence-electron chi connectivity index (χ2n) is 4.00. The molecule has 0 aliphatic heterocycles. The summed E-state index contributed by atoms with van der Waals surface area (Å²) in [6.07, 6.45) is 3.68. The van der Waals surface area contributed by atoms with Crippen LogP contribution in [0.25, 0.3) is 16.2 Å². The number of imidazole rings is 1. The maximum atomic E-state index is 11.6. The molecule has 1 aromatic carbocycles. The van der Waals surface area contributed by atoms with Gasteiger partial charge in [-0.1, -0.05) is 41.7 Å². The van der Waals surface area contributed by atoms with E-state index in [4.69, 9.17) is 4.74 Å². The molecule has 4 nitrogen and oxygen atoms in total. The van der Waals surface area contributed by atoms with Gasteiger partial charge >= 0.3 is 5.97 Å². The number of esters is 1. The number of nitrogens with zero attached hydrogens (tertiary/aromatic N) is 2. The van der Waals surface area contributed by atoms with E-state index in [0.717, 1.165) is 16.2 Å². The van der Waals surface area contributed by atoms with Gasteiger partial charge in [-0.25, -0.2) is 9.78 Å². The third kappa shape index (κ3) is 2.24. The highest BCUT2D eigenvalue weighted by Crippen LogP contribution is 2.24. The molecule has 3 rings (SSSR count). The van der Waals surface area contributed by atoms with E-state index in [1.54, 1.807) is 13.1 Å². The van der Waals surface area contributed by atoms with E-state index in [-0.39, 0.29) is 5.97 Å². The fraction of sp³-hybridized carbons (Fsp3) is 0.143. The average molecular weight is 272 g/mol. The van der Waals surface area contributed by atoms with Gasteiger partial charge in [-0.2, -0.15) is 0 Å². The standard InChI is InChI=1S/C14H12N2O2S/c1-2-18-13(17)12-9-16-8-11(15-14(16)19-12)10-6-4-3-5-7-10/h3-9H,2H2,1H3. The molecule has 2 heterocycles. The molecule has 0 atom stereocenters. The lowest BCUT2D eigenvalue weighted by Gasteiger charge is -1.96. The molecular formula is C14H12N2O2S. The number of fused-ring (bicyclic) bond motifs is 1. The predicted molar refractivity (Wildman–Crippen MR) is 74.5 cm³/mol. The van der Waals surface area contributed by atoms with Gasteiger partial charge in [0.2, 0.25) is 0 Å². The van der Waals surface area contributed by atoms with Gasteiger partial charge < -0.3 is 4.74 Å². The molecule has 5 heteroatoms. The second-order valence-corrected chi connectivity index (χ2v) is 5.01. The normalized spacial score (nSPS) is 10.8. The number of hydrogen-bond donors (Lipinski definition) is 0. The molecule has 0 fully saturated rings. The first kappa shape index (κ1) is 11.9. The Morgan fingerprint density at radius 1 is 1.32 bits per heavy atom. The van der Waals surface area contributed by atoms with Gasteiger partial charge in [0.25, 0.3) is 0 Å². The number of benzene rings is 1. The lowest BCUT2D eigenvalue weighted by atomic mass is 10.2. The van der Waals surface area contributed by atoms with Crippen LogP contribution in [0.5, 0.6) is 0 Å². The largest absolute Gasteiger partial charge is 0.462 e. The van der Waals surface area contributed by atoms with Gasteiger partial charge in [-0.15, -0.1) is 0 Å². The summed E-state index contributed by atoms with van der Waals surface area (Å²) >= 11 is 1.34. The van der Waals surface area contributed by atoms with Crippen LogP contribution in [-0.2, 0) is 4.74 Å². The minimum absolute atomic E-state index is 0.292. The summed E-state index contributed by atoms with van der Waals surface area (Å²) in [6.45, 7) is 2.18. The first-order valence-electron chi connectivity index (χ1n) is 5.99. The maximum absolute atomic E-state index is 11.6. The Balaban J connectivity index is 1.96. The summed E-state index contributed by atoms with van der Waals surface area (Å²) in [6, 6.07) is 9.96. The van der Waals surface area contributed by atoms with Crippen molar-refractivity contribution in [3.05, 3.63) is 47.6 Å². The summed E-state index contributed by atoms with van der Waals surface area (Å²) in [4.78, 5) is 17.5. The lowest BCUT2D eigenvalue weighted by molar-refractivity contribution is 0.0531. The monoisotopic (exact) mass is 272 g/mol. The first-order valence-corrected chi connectivity index (χ1v) is 6.80. The molecule has 0 aliphatic rings. The number of hydrogen-bond acceptors (Lipinski definition) is 4. The van der Waals surface area contributed by atoms with Crippen LogP contribution in [0, 0.1) is 0 Å². The van der Waals surface area contributed by atoms with Crippen molar-refractivity contribution < 1.29 is 9.53 Å². The number of ether oxygens (including phenoxy) is 1. The van der Waals surface area contributed by atoms with Crippen molar-refractivity contribution in [1.82, 2.24) is 9.38 Å². The Kier molecular flexibility index (Phi) is 3.05. The number of thiazole rings is 1. The highest BCUT2D eigenvalue weighted by Gasteiger charge is 2.13. The molecule has 0 saturated heterocycles. The third-order valence-electron chi connectivity index (χ3n) is 2.70. The van der Waals surface area contributed by atoms with Gasteiger partial charge in [-0.3, -0.25) is 4.40 Å². The Bertz CT molecular complexity index is 684. The second kappa shape index (κ2) is 4.85. The van der Waals surface area contributed by atoms with Crippen molar-refractivity contribution in [1.29, 1.82) is 0 Å². The van der Waals surface area contributed by atoms with E-state index in [1.165, 1.54) is 11.3 Å². The fourth-order valence-corrected chi connectivity index (χ4v) is 2.70. The van der Waals surface area contributed by atoms with Crippen LogP contribution in [0.2, 0.25) is 0 Å². The smallest absolute Gasteiger partial charge is 0.349 e. The van der Waals surface area contributed by atoms with E-state index in [2.05, 4.69) is 4.98 Å². The molecule has 0 aliphatic carbocycles. The Labute approximate surface area is 114 Å². The van der Waals surface area contributed by atoms with Crippen molar-refractivity contribution in [3.63, 3.8) is 0 Å². The van der Waals surface area contributed by atoms with Gasteiger partial charge in [0.05, 0.1) is 12.3 Å². The number of rotatable bonds is 3. The summed E-state index contributed by atoms with van der Waals surface area (Å²) in [5.41, 5.74) is 1.97. The minimum atomic E-state index is -0.292. The minimum Gasteiger partial charge on any atom is -0.462 e. The zero-order valence-electron chi connectivity index (χ0n) is 10.4. The molecule has 96 valence electrons. The van der Waals surface area contributed by atoms with Crippen LogP contribution in [0.3, 0.4) is 0 Å². The lowest BCUT2D eigenvalue weighted by Crippen LogP contribution is -2.01. The van der Waals surface area contributed by atoms with Gasteiger partial charge in [0.1, 0.15) is 4.88 Å². The van der Waals surface area contributed by atoms with Crippen LogP contribution >= 0.6 is 11.3 Å². The molecular weight excluding hydrogens is 260 g/mol. The van der Waals surface area contributed by atoms with Gasteiger partial charge in [-0.05, 0) is 6.92 Å². The first-order chi connectivity index (χ1) is 9.28. The summed E-state index contributed by atoms with van der Waals surface area (Å²) in [7, 11) is 0. The van der Waals surface area contributed by atoms with Crippen molar-refractivity contribution in [2.24, 2.45) is 0 Å². The molecule has 0 amide bonds. The van der Waals surface area contributed by atoms with E-state index in [1.807, 2.05) is 40.9 Å². The summed E-state index contributed by atoms with van der Waals surface area (Å²) in [5.74, 6) is -0.292. The van der Waals surface area contributed by atoms with E-state index in [0.29, 0.717) is 11.5 Å².